The van der Waals surface area contributed by atoms with Crippen LogP contribution >= 0.6 is 0 Å². The summed E-state index contributed by atoms with van der Waals surface area (Å²) in [6.07, 6.45) is -1.05. The number of carbonyl (C=O) groups is 1. The van der Waals surface area contributed by atoms with Crippen LogP contribution in [-0.4, -0.2) is 43.4 Å². The number of anilines is 1. The molecule has 7 rings (SSSR count). The Bertz CT molecular complexity index is 2300. The van der Waals surface area contributed by atoms with Crippen molar-refractivity contribution in [3.8, 4) is 39.7 Å². The summed E-state index contributed by atoms with van der Waals surface area (Å²) in [4.78, 5) is 18.0. The Kier molecular flexibility index (Phi) is 7.00. The molecule has 6 aromatic rings. The highest BCUT2D eigenvalue weighted by Crippen LogP contribution is 2.45. The number of fused-ring (bicyclic) bond motifs is 6. The fourth-order valence-corrected chi connectivity index (χ4v) is 6.36. The van der Waals surface area contributed by atoms with E-state index in [0.29, 0.717) is 27.7 Å². The third kappa shape index (κ3) is 4.74. The van der Waals surface area contributed by atoms with Gasteiger partial charge in [-0.2, -0.15) is 0 Å². The Hall–Kier alpha value is -5.30. The van der Waals surface area contributed by atoms with Crippen LogP contribution in [-0.2, 0) is 10.0 Å². The third-order valence-corrected chi connectivity index (χ3v) is 9.22. The van der Waals surface area contributed by atoms with E-state index in [9.17, 15) is 26.4 Å². The molecule has 0 aliphatic carbocycles. The first-order valence-corrected chi connectivity index (χ1v) is 15.9. The number of amides is 1. The Morgan fingerprint density at radius 1 is 1.02 bits per heavy atom. The molecule has 234 valence electrons. The van der Waals surface area contributed by atoms with Crippen LogP contribution in [0.3, 0.4) is 0 Å². The molecule has 0 spiro atoms. The van der Waals surface area contributed by atoms with Crippen molar-refractivity contribution in [2.75, 3.05) is 24.2 Å². The van der Waals surface area contributed by atoms with E-state index in [1.165, 1.54) is 61.0 Å². The fourth-order valence-electron chi connectivity index (χ4n) is 5.72. The normalized spacial score (nSPS) is 14.2. The topological polar surface area (TPSA) is 115 Å². The molecule has 3 aromatic carbocycles. The molecular weight excluding hydrogens is 621 g/mol. The molecular formula is C33H25F3N4O5S. The first-order chi connectivity index (χ1) is 22.1. The van der Waals surface area contributed by atoms with E-state index >= 15 is 0 Å². The highest BCUT2D eigenvalue weighted by atomic mass is 32.2. The summed E-state index contributed by atoms with van der Waals surface area (Å²) in [6, 6.07) is 17.7. The van der Waals surface area contributed by atoms with Crippen LogP contribution < -0.4 is 14.8 Å². The highest BCUT2D eigenvalue weighted by Gasteiger charge is 2.31. The van der Waals surface area contributed by atoms with Crippen molar-refractivity contribution in [2.45, 2.75) is 13.2 Å². The number of halogens is 3. The largest absolute Gasteiger partial charge is 0.465 e. The molecule has 3 aromatic heterocycles. The van der Waals surface area contributed by atoms with Crippen molar-refractivity contribution >= 4 is 43.5 Å². The maximum atomic E-state index is 14.8. The second-order valence-corrected chi connectivity index (χ2v) is 12.6. The molecule has 1 aliphatic rings. The number of sulfonamides is 1. The lowest BCUT2D eigenvalue weighted by Gasteiger charge is -2.27. The summed E-state index contributed by atoms with van der Waals surface area (Å²) in [7, 11) is -2.35. The molecule has 13 heteroatoms. The zero-order chi connectivity index (χ0) is 32.3. The van der Waals surface area contributed by atoms with Gasteiger partial charge in [0.15, 0.2) is 0 Å². The van der Waals surface area contributed by atoms with Gasteiger partial charge in [-0.05, 0) is 67.6 Å². The predicted octanol–water partition coefficient (Wildman–Crippen LogP) is 7.04. The molecule has 1 unspecified atom stereocenters. The van der Waals surface area contributed by atoms with Crippen molar-refractivity contribution in [2.24, 2.45) is 0 Å². The first-order valence-electron chi connectivity index (χ1n) is 14.2. The number of benzene rings is 3. The molecule has 0 bridgehead atoms. The molecule has 1 amide bonds. The summed E-state index contributed by atoms with van der Waals surface area (Å²) in [6.45, 7) is 0.602. The molecule has 0 saturated carbocycles. The molecule has 1 atom stereocenters. The minimum atomic E-state index is -3.80. The standard InChI is InChI=1S/C33H25F3N4O5S/c1-3-46(42,43)39-24-15-28-21(30(33(41)37-2)32(45-28)17-7-9-18(35)10-8-17)13-20(24)23-11-12-27-31(38-23)26-14-19-22(36)5-4-6-25(19)40(26)29(16-34)44-27/h4-15,29,39H,3,16H2,1-2H3,(H,37,41). The number of pyridine rings is 1. The minimum absolute atomic E-state index is 0.120. The lowest BCUT2D eigenvalue weighted by atomic mass is 10.0. The van der Waals surface area contributed by atoms with Gasteiger partial charge in [0.2, 0.25) is 16.3 Å². The van der Waals surface area contributed by atoms with Gasteiger partial charge in [-0.1, -0.05) is 6.07 Å². The molecule has 0 saturated heterocycles. The van der Waals surface area contributed by atoms with E-state index in [-0.39, 0.29) is 50.9 Å². The minimum Gasteiger partial charge on any atom is -0.465 e. The fraction of sp³-hybridized carbons (Fsp3) is 0.152. The van der Waals surface area contributed by atoms with E-state index in [0.717, 1.165) is 0 Å². The number of ether oxygens (including phenoxy) is 1. The number of carbonyl (C=O) groups excluding carboxylic acids is 1. The van der Waals surface area contributed by atoms with Crippen molar-refractivity contribution in [1.29, 1.82) is 0 Å². The van der Waals surface area contributed by atoms with Gasteiger partial charge in [0, 0.05) is 35.0 Å². The number of furan rings is 1. The van der Waals surface area contributed by atoms with E-state index in [4.69, 9.17) is 14.1 Å². The number of nitrogens with one attached hydrogen (secondary N) is 2. The van der Waals surface area contributed by atoms with Crippen molar-refractivity contribution in [3.05, 3.63) is 90.0 Å². The zero-order valence-electron chi connectivity index (χ0n) is 24.4. The maximum absolute atomic E-state index is 14.8. The monoisotopic (exact) mass is 646 g/mol. The lowest BCUT2D eigenvalue weighted by Crippen LogP contribution is -2.23. The van der Waals surface area contributed by atoms with Crippen LogP contribution in [0, 0.1) is 11.6 Å². The Labute approximate surface area is 260 Å². The van der Waals surface area contributed by atoms with Gasteiger partial charge in [-0.3, -0.25) is 9.52 Å². The quantitative estimate of drug-likeness (QED) is 0.192. The average molecular weight is 647 g/mol. The van der Waals surface area contributed by atoms with Gasteiger partial charge in [0.1, 0.15) is 41.1 Å². The summed E-state index contributed by atoms with van der Waals surface area (Å²) in [5.74, 6) is -1.26. The van der Waals surface area contributed by atoms with E-state index in [1.807, 2.05) is 0 Å². The van der Waals surface area contributed by atoms with E-state index in [1.54, 1.807) is 30.3 Å². The summed E-state index contributed by atoms with van der Waals surface area (Å²) in [5.41, 5.74) is 2.59. The van der Waals surface area contributed by atoms with Crippen LogP contribution in [0.15, 0.2) is 77.2 Å². The van der Waals surface area contributed by atoms with Crippen molar-refractivity contribution < 1.29 is 35.5 Å². The number of aromatic nitrogens is 2. The van der Waals surface area contributed by atoms with Crippen LogP contribution in [0.4, 0.5) is 18.9 Å². The zero-order valence-corrected chi connectivity index (χ0v) is 25.2. The van der Waals surface area contributed by atoms with Crippen molar-refractivity contribution in [1.82, 2.24) is 14.9 Å². The number of hydrogen-bond acceptors (Lipinski definition) is 6. The Balaban J connectivity index is 1.48. The maximum Gasteiger partial charge on any atom is 0.255 e. The average Bonchev–Trinajstić information content (AvgIpc) is 3.63. The second kappa shape index (κ2) is 10.9. The Morgan fingerprint density at radius 3 is 2.52 bits per heavy atom. The van der Waals surface area contributed by atoms with Gasteiger partial charge in [0.05, 0.1) is 33.9 Å². The summed E-state index contributed by atoms with van der Waals surface area (Å²) in [5, 5.41) is 3.21. The van der Waals surface area contributed by atoms with Crippen molar-refractivity contribution in [3.63, 3.8) is 0 Å². The van der Waals surface area contributed by atoms with Gasteiger partial charge >= 0.3 is 0 Å². The van der Waals surface area contributed by atoms with Gasteiger partial charge in [-0.15, -0.1) is 0 Å². The van der Waals surface area contributed by atoms with Gasteiger partial charge in [0.25, 0.3) is 5.91 Å². The van der Waals surface area contributed by atoms with E-state index < -0.39 is 40.5 Å². The predicted molar refractivity (Wildman–Crippen MR) is 168 cm³/mol. The van der Waals surface area contributed by atoms with Gasteiger partial charge in [-0.25, -0.2) is 26.6 Å². The number of alkyl halides is 1. The van der Waals surface area contributed by atoms with Crippen LogP contribution in [0.5, 0.6) is 5.75 Å². The molecule has 0 radical (unpaired) electrons. The highest BCUT2D eigenvalue weighted by molar-refractivity contribution is 7.92. The molecule has 46 heavy (non-hydrogen) atoms. The molecule has 4 heterocycles. The first kappa shape index (κ1) is 29.4. The van der Waals surface area contributed by atoms with Crippen LogP contribution in [0.1, 0.15) is 23.5 Å². The molecule has 0 fully saturated rings. The molecule has 9 nitrogen and oxygen atoms in total. The van der Waals surface area contributed by atoms with Crippen LogP contribution in [0.2, 0.25) is 0 Å². The summed E-state index contributed by atoms with van der Waals surface area (Å²) < 4.78 is 84.5. The third-order valence-electron chi connectivity index (χ3n) is 7.92. The smallest absolute Gasteiger partial charge is 0.255 e. The van der Waals surface area contributed by atoms with Crippen LogP contribution in [0.25, 0.3) is 55.8 Å². The van der Waals surface area contributed by atoms with Gasteiger partial charge < -0.3 is 19.0 Å². The lowest BCUT2D eigenvalue weighted by molar-refractivity contribution is 0.0964. The summed E-state index contributed by atoms with van der Waals surface area (Å²) >= 11 is 0. The van der Waals surface area contributed by atoms with E-state index in [2.05, 4.69) is 10.0 Å². The number of hydrogen-bond donors (Lipinski definition) is 2. The number of nitrogens with zero attached hydrogens (tertiary/aromatic N) is 2. The molecule has 1 aliphatic heterocycles. The molecule has 2 N–H and O–H groups in total. The SMILES string of the molecule is CCS(=O)(=O)Nc1cc2oc(-c3ccc(F)cc3)c(C(=O)NC)c2cc1-c1ccc2c(n1)-c1cc3c(F)cccc3n1C(CF)O2. The number of rotatable bonds is 7. The Morgan fingerprint density at radius 2 is 1.80 bits per heavy atom. The second-order valence-electron chi connectivity index (χ2n) is 10.6.